The fourth-order valence-corrected chi connectivity index (χ4v) is 0.853. The lowest BCUT2D eigenvalue weighted by molar-refractivity contribution is -0.138. The van der Waals surface area contributed by atoms with Crippen molar-refractivity contribution in [3.05, 3.63) is 0 Å². The first-order valence-electron chi connectivity index (χ1n) is 3.63. The number of carbonyl (C=O) groups is 2. The summed E-state index contributed by atoms with van der Waals surface area (Å²) in [5.41, 5.74) is 5.00. The molecule has 1 unspecified atom stereocenters. The zero-order valence-electron chi connectivity index (χ0n) is 7.28. The summed E-state index contributed by atoms with van der Waals surface area (Å²) >= 11 is 0. The number of aliphatic carboxylic acids is 1. The van der Waals surface area contributed by atoms with Crippen LogP contribution in [0, 0.1) is 5.92 Å². The van der Waals surface area contributed by atoms with Crippen LogP contribution < -0.4 is 5.73 Å². The zero-order valence-corrected chi connectivity index (χ0v) is 7.28. The van der Waals surface area contributed by atoms with Crippen molar-refractivity contribution in [2.24, 2.45) is 11.7 Å². The third kappa shape index (κ3) is 4.68. The Hall–Kier alpha value is -1.10. The lowest BCUT2D eigenvalue weighted by atomic mass is 10.1. The van der Waals surface area contributed by atoms with E-state index in [0.29, 0.717) is 6.54 Å². The van der Waals surface area contributed by atoms with Crippen molar-refractivity contribution >= 4 is 11.9 Å². The zero-order chi connectivity index (χ0) is 9.72. The lowest BCUT2D eigenvalue weighted by Gasteiger charge is -2.16. The van der Waals surface area contributed by atoms with Gasteiger partial charge in [0, 0.05) is 12.5 Å². The molecule has 0 aliphatic rings. The monoisotopic (exact) mass is 174 g/mol. The minimum absolute atomic E-state index is 0.0718. The number of rotatable bonds is 5. The van der Waals surface area contributed by atoms with Crippen LogP contribution in [0.4, 0.5) is 0 Å². The van der Waals surface area contributed by atoms with Gasteiger partial charge in [0.1, 0.15) is 0 Å². The van der Waals surface area contributed by atoms with Gasteiger partial charge in [0.25, 0.3) is 0 Å². The Morgan fingerprint density at radius 1 is 1.58 bits per heavy atom. The van der Waals surface area contributed by atoms with Crippen LogP contribution in [-0.2, 0) is 9.59 Å². The topological polar surface area (TPSA) is 83.6 Å². The molecule has 0 spiro atoms. The lowest BCUT2D eigenvalue weighted by Crippen LogP contribution is -2.35. The van der Waals surface area contributed by atoms with Gasteiger partial charge in [-0.15, -0.1) is 0 Å². The molecule has 0 saturated heterocycles. The fraction of sp³-hybridized carbons (Fsp3) is 0.714. The summed E-state index contributed by atoms with van der Waals surface area (Å²) < 4.78 is 0. The normalized spacial score (nSPS) is 12.9. The molecular formula is C7H14N2O3. The minimum atomic E-state index is -0.908. The molecule has 0 fully saturated rings. The van der Waals surface area contributed by atoms with Crippen molar-refractivity contribution < 1.29 is 14.7 Å². The van der Waals surface area contributed by atoms with Gasteiger partial charge in [-0.25, -0.2) is 0 Å². The van der Waals surface area contributed by atoms with Crippen molar-refractivity contribution in [2.75, 3.05) is 20.1 Å². The standard InChI is InChI=1S/C7H14N2O3/c1-5(7(8)12)3-9(2)4-6(10)11/h5H,3-4H2,1-2H3,(H2,8,12)(H,10,11). The highest BCUT2D eigenvalue weighted by atomic mass is 16.4. The smallest absolute Gasteiger partial charge is 0.317 e. The van der Waals surface area contributed by atoms with E-state index in [2.05, 4.69) is 0 Å². The molecule has 0 aromatic heterocycles. The van der Waals surface area contributed by atoms with Crippen LogP contribution in [0.25, 0.3) is 0 Å². The van der Waals surface area contributed by atoms with Crippen LogP contribution in [0.1, 0.15) is 6.92 Å². The van der Waals surface area contributed by atoms with Crippen LogP contribution in [0.15, 0.2) is 0 Å². The third-order valence-corrected chi connectivity index (χ3v) is 1.48. The molecule has 12 heavy (non-hydrogen) atoms. The number of hydrogen-bond acceptors (Lipinski definition) is 3. The largest absolute Gasteiger partial charge is 0.480 e. The van der Waals surface area contributed by atoms with E-state index in [1.807, 2.05) is 0 Å². The molecule has 0 aliphatic carbocycles. The van der Waals surface area contributed by atoms with Gasteiger partial charge < -0.3 is 10.8 Å². The molecule has 70 valence electrons. The molecule has 0 saturated carbocycles. The molecule has 0 heterocycles. The number of hydrogen-bond donors (Lipinski definition) is 2. The molecule has 0 aliphatic heterocycles. The van der Waals surface area contributed by atoms with Crippen LogP contribution in [-0.4, -0.2) is 42.0 Å². The summed E-state index contributed by atoms with van der Waals surface area (Å²) in [4.78, 5) is 22.3. The summed E-state index contributed by atoms with van der Waals surface area (Å²) in [6.07, 6.45) is 0. The molecular weight excluding hydrogens is 160 g/mol. The Balaban J connectivity index is 3.76. The van der Waals surface area contributed by atoms with Gasteiger partial charge in [-0.3, -0.25) is 14.5 Å². The number of nitrogens with two attached hydrogens (primary N) is 1. The summed E-state index contributed by atoms with van der Waals surface area (Å²) in [6.45, 7) is 1.97. The van der Waals surface area contributed by atoms with E-state index in [-0.39, 0.29) is 12.5 Å². The molecule has 5 nitrogen and oxygen atoms in total. The predicted octanol–water partition coefficient (Wildman–Crippen LogP) is -0.876. The second-order valence-corrected chi connectivity index (χ2v) is 2.89. The summed E-state index contributed by atoms with van der Waals surface area (Å²) in [7, 11) is 1.63. The number of carboxylic acids is 1. The van der Waals surface area contributed by atoms with Gasteiger partial charge in [0.15, 0.2) is 0 Å². The van der Waals surface area contributed by atoms with E-state index in [0.717, 1.165) is 0 Å². The van der Waals surface area contributed by atoms with E-state index in [1.165, 1.54) is 4.90 Å². The van der Waals surface area contributed by atoms with Crippen molar-refractivity contribution in [3.63, 3.8) is 0 Å². The molecule has 1 amide bonds. The van der Waals surface area contributed by atoms with Crippen LogP contribution in [0.3, 0.4) is 0 Å². The van der Waals surface area contributed by atoms with Crippen molar-refractivity contribution in [1.82, 2.24) is 4.90 Å². The molecule has 0 aromatic rings. The highest BCUT2D eigenvalue weighted by Crippen LogP contribution is 1.95. The highest BCUT2D eigenvalue weighted by Gasteiger charge is 2.12. The Morgan fingerprint density at radius 2 is 2.08 bits per heavy atom. The van der Waals surface area contributed by atoms with Gasteiger partial charge in [-0.1, -0.05) is 6.92 Å². The number of carbonyl (C=O) groups excluding carboxylic acids is 1. The number of primary amides is 1. The molecule has 5 heteroatoms. The molecule has 0 bridgehead atoms. The minimum Gasteiger partial charge on any atom is -0.480 e. The Bertz CT molecular complexity index is 181. The van der Waals surface area contributed by atoms with E-state index < -0.39 is 11.9 Å². The first-order chi connectivity index (χ1) is 5.43. The average molecular weight is 174 g/mol. The Kier molecular flexibility index (Phi) is 4.28. The molecule has 0 radical (unpaired) electrons. The van der Waals surface area contributed by atoms with Crippen molar-refractivity contribution in [2.45, 2.75) is 6.92 Å². The molecule has 0 rings (SSSR count). The average Bonchev–Trinajstić information content (AvgIpc) is 1.84. The summed E-state index contributed by atoms with van der Waals surface area (Å²) in [6, 6.07) is 0. The summed E-state index contributed by atoms with van der Waals surface area (Å²) in [5, 5.41) is 8.38. The SMILES string of the molecule is CC(CN(C)CC(=O)O)C(N)=O. The Morgan fingerprint density at radius 3 is 2.42 bits per heavy atom. The fourth-order valence-electron chi connectivity index (χ4n) is 0.853. The van der Waals surface area contributed by atoms with Crippen molar-refractivity contribution in [1.29, 1.82) is 0 Å². The van der Waals surface area contributed by atoms with Gasteiger partial charge in [-0.2, -0.15) is 0 Å². The number of carboxylic acid groups (broad SMARTS) is 1. The second kappa shape index (κ2) is 4.71. The number of nitrogens with zero attached hydrogens (tertiary/aromatic N) is 1. The summed E-state index contributed by atoms with van der Waals surface area (Å²) in [5.74, 6) is -1.63. The molecule has 3 N–H and O–H groups in total. The third-order valence-electron chi connectivity index (χ3n) is 1.48. The first-order valence-corrected chi connectivity index (χ1v) is 3.63. The second-order valence-electron chi connectivity index (χ2n) is 2.89. The van der Waals surface area contributed by atoms with E-state index >= 15 is 0 Å². The Labute approximate surface area is 71.1 Å². The van der Waals surface area contributed by atoms with Gasteiger partial charge in [-0.05, 0) is 7.05 Å². The predicted molar refractivity (Wildman–Crippen MR) is 43.5 cm³/mol. The maximum Gasteiger partial charge on any atom is 0.317 e. The van der Waals surface area contributed by atoms with Crippen LogP contribution >= 0.6 is 0 Å². The van der Waals surface area contributed by atoms with Crippen LogP contribution in [0.5, 0.6) is 0 Å². The van der Waals surface area contributed by atoms with Gasteiger partial charge in [0.2, 0.25) is 5.91 Å². The van der Waals surface area contributed by atoms with E-state index in [1.54, 1.807) is 14.0 Å². The quantitative estimate of drug-likeness (QED) is 0.567. The number of likely N-dealkylation sites (N-methyl/N-ethyl adjacent to an activating group) is 1. The van der Waals surface area contributed by atoms with E-state index in [4.69, 9.17) is 10.8 Å². The number of amides is 1. The maximum absolute atomic E-state index is 10.6. The molecule has 0 aromatic carbocycles. The van der Waals surface area contributed by atoms with Crippen LogP contribution in [0.2, 0.25) is 0 Å². The molecule has 1 atom stereocenters. The highest BCUT2D eigenvalue weighted by molar-refractivity contribution is 5.76. The van der Waals surface area contributed by atoms with Gasteiger partial charge >= 0.3 is 5.97 Å². The van der Waals surface area contributed by atoms with E-state index in [9.17, 15) is 9.59 Å². The first kappa shape index (κ1) is 10.9. The maximum atomic E-state index is 10.6. The van der Waals surface area contributed by atoms with Crippen molar-refractivity contribution in [3.8, 4) is 0 Å². The van der Waals surface area contributed by atoms with Gasteiger partial charge in [0.05, 0.1) is 6.54 Å².